The van der Waals surface area contributed by atoms with Gasteiger partial charge < -0.3 is 4.42 Å². The highest BCUT2D eigenvalue weighted by atomic mass is 16.6. The van der Waals surface area contributed by atoms with E-state index in [-0.39, 0.29) is 16.9 Å². The lowest BCUT2D eigenvalue weighted by molar-refractivity contribution is -0.385. The highest BCUT2D eigenvalue weighted by Gasteiger charge is 2.14. The highest BCUT2D eigenvalue weighted by molar-refractivity contribution is 5.89. The van der Waals surface area contributed by atoms with Crippen molar-refractivity contribution in [1.82, 2.24) is 0 Å². The summed E-state index contributed by atoms with van der Waals surface area (Å²) >= 11 is 0. The van der Waals surface area contributed by atoms with E-state index < -0.39 is 9.85 Å². The number of allylic oxidation sites excluding steroid dienone is 1. The summed E-state index contributed by atoms with van der Waals surface area (Å²) in [6.45, 7) is 1.81. The first-order valence-electron chi connectivity index (χ1n) is 8.11. The van der Waals surface area contributed by atoms with Gasteiger partial charge >= 0.3 is 0 Å². The molecule has 1 aromatic heterocycles. The second-order valence-electron chi connectivity index (χ2n) is 5.94. The molecule has 0 unspecified atom stereocenters. The molecule has 0 bridgehead atoms. The van der Waals surface area contributed by atoms with Gasteiger partial charge in [-0.3, -0.25) is 20.2 Å². The average Bonchev–Trinajstić information content (AvgIpc) is 3.14. The molecule has 0 amide bonds. The number of rotatable bonds is 5. The molecular weight excluding hydrogens is 362 g/mol. The van der Waals surface area contributed by atoms with Gasteiger partial charge in [-0.1, -0.05) is 18.2 Å². The summed E-state index contributed by atoms with van der Waals surface area (Å²) in [5, 5.41) is 31.4. The first-order valence-corrected chi connectivity index (χ1v) is 8.11. The van der Waals surface area contributed by atoms with E-state index in [0.29, 0.717) is 22.6 Å². The summed E-state index contributed by atoms with van der Waals surface area (Å²) in [6, 6.07) is 15.5. The molecule has 138 valence electrons. The Balaban J connectivity index is 1.99. The van der Waals surface area contributed by atoms with Crippen molar-refractivity contribution in [3.63, 3.8) is 0 Å². The van der Waals surface area contributed by atoms with Crippen LogP contribution in [0, 0.1) is 38.5 Å². The van der Waals surface area contributed by atoms with Gasteiger partial charge in [0.25, 0.3) is 11.4 Å². The van der Waals surface area contributed by atoms with Gasteiger partial charge in [0.05, 0.1) is 21.5 Å². The predicted molar refractivity (Wildman–Crippen MR) is 102 cm³/mol. The Kier molecular flexibility index (Phi) is 5.00. The van der Waals surface area contributed by atoms with Gasteiger partial charge in [0.2, 0.25) is 0 Å². The zero-order valence-electron chi connectivity index (χ0n) is 14.7. The third-order valence-electron chi connectivity index (χ3n) is 4.10. The van der Waals surface area contributed by atoms with Crippen LogP contribution in [0.4, 0.5) is 11.4 Å². The number of benzene rings is 2. The maximum atomic E-state index is 11.0. The number of hydrogen-bond donors (Lipinski definition) is 0. The minimum atomic E-state index is -0.533. The molecule has 0 saturated carbocycles. The lowest BCUT2D eigenvalue weighted by atomic mass is 10.1. The molecule has 0 saturated heterocycles. The van der Waals surface area contributed by atoms with Gasteiger partial charge in [-0.15, -0.1) is 0 Å². The molecule has 3 aromatic rings. The molecule has 0 radical (unpaired) electrons. The van der Waals surface area contributed by atoms with Crippen molar-refractivity contribution < 1.29 is 14.3 Å². The second-order valence-corrected chi connectivity index (χ2v) is 5.94. The maximum Gasteiger partial charge on any atom is 0.270 e. The molecule has 1 heterocycles. The van der Waals surface area contributed by atoms with E-state index >= 15 is 0 Å². The third kappa shape index (κ3) is 3.78. The van der Waals surface area contributed by atoms with Crippen LogP contribution < -0.4 is 0 Å². The van der Waals surface area contributed by atoms with Crippen LogP contribution in [0.15, 0.2) is 59.0 Å². The molecule has 0 fully saturated rings. The number of aryl methyl sites for hydroxylation is 1. The number of furan rings is 1. The SMILES string of the molecule is Cc1ccc([N+](=O)[O-])cc1-c1ccc(/C=C(/C#N)c2cccc([N+](=O)[O-])c2)o1. The Labute approximate surface area is 159 Å². The summed E-state index contributed by atoms with van der Waals surface area (Å²) < 4.78 is 5.73. The van der Waals surface area contributed by atoms with Gasteiger partial charge in [-0.05, 0) is 36.3 Å². The minimum absolute atomic E-state index is 0.0524. The van der Waals surface area contributed by atoms with Crippen LogP contribution in [0.1, 0.15) is 16.9 Å². The van der Waals surface area contributed by atoms with Crippen molar-refractivity contribution in [3.05, 3.63) is 91.7 Å². The fraction of sp³-hybridized carbons (Fsp3) is 0.0500. The van der Waals surface area contributed by atoms with Crippen LogP contribution in [0.2, 0.25) is 0 Å². The van der Waals surface area contributed by atoms with Crippen LogP contribution in [0.3, 0.4) is 0 Å². The van der Waals surface area contributed by atoms with E-state index in [4.69, 9.17) is 4.42 Å². The Morgan fingerprint density at radius 2 is 1.75 bits per heavy atom. The molecule has 2 aromatic carbocycles. The molecular formula is C20H13N3O5. The standard InChI is InChI=1S/C20H13N3O5/c1-13-5-6-17(23(26)27)11-19(13)20-8-7-18(28-20)10-15(12-21)14-3-2-4-16(9-14)22(24)25/h2-11H,1H3/b15-10-. The molecule has 0 aliphatic rings. The molecule has 0 aliphatic heterocycles. The third-order valence-corrected chi connectivity index (χ3v) is 4.10. The van der Waals surface area contributed by atoms with E-state index in [1.165, 1.54) is 36.4 Å². The molecule has 0 aliphatic carbocycles. The Morgan fingerprint density at radius 1 is 1.04 bits per heavy atom. The van der Waals surface area contributed by atoms with Crippen molar-refractivity contribution in [2.45, 2.75) is 6.92 Å². The number of non-ortho nitro benzene ring substituents is 2. The lowest BCUT2D eigenvalue weighted by Crippen LogP contribution is -1.90. The molecule has 0 N–H and O–H groups in total. The summed E-state index contributed by atoms with van der Waals surface area (Å²) in [4.78, 5) is 20.9. The van der Waals surface area contributed by atoms with Crippen molar-refractivity contribution in [1.29, 1.82) is 5.26 Å². The second kappa shape index (κ2) is 7.55. The zero-order chi connectivity index (χ0) is 20.3. The Hall–Kier alpha value is -4.25. The van der Waals surface area contributed by atoms with E-state index in [2.05, 4.69) is 0 Å². The van der Waals surface area contributed by atoms with Gasteiger partial charge in [-0.2, -0.15) is 5.26 Å². The van der Waals surface area contributed by atoms with Crippen molar-refractivity contribution >= 4 is 23.0 Å². The van der Waals surface area contributed by atoms with Gasteiger partial charge in [0.15, 0.2) is 0 Å². The summed E-state index contributed by atoms with van der Waals surface area (Å²) in [6.07, 6.45) is 1.47. The largest absolute Gasteiger partial charge is 0.457 e. The Bertz CT molecular complexity index is 1150. The van der Waals surface area contributed by atoms with Gasteiger partial charge in [-0.25, -0.2) is 0 Å². The zero-order valence-corrected chi connectivity index (χ0v) is 14.7. The topological polar surface area (TPSA) is 123 Å². The van der Waals surface area contributed by atoms with Gasteiger partial charge in [0.1, 0.15) is 11.5 Å². The highest BCUT2D eigenvalue weighted by Crippen LogP contribution is 2.30. The number of hydrogen-bond acceptors (Lipinski definition) is 6. The first kappa shape index (κ1) is 18.5. The molecule has 28 heavy (non-hydrogen) atoms. The minimum Gasteiger partial charge on any atom is -0.457 e. The molecule has 3 rings (SSSR count). The summed E-state index contributed by atoms with van der Waals surface area (Å²) in [5.74, 6) is 0.771. The van der Waals surface area contributed by atoms with E-state index in [9.17, 15) is 25.5 Å². The lowest BCUT2D eigenvalue weighted by Gasteiger charge is -2.02. The monoisotopic (exact) mass is 375 g/mol. The maximum absolute atomic E-state index is 11.0. The van der Waals surface area contributed by atoms with E-state index in [1.807, 2.05) is 6.07 Å². The van der Waals surface area contributed by atoms with Crippen LogP contribution in [-0.2, 0) is 0 Å². The smallest absolute Gasteiger partial charge is 0.270 e. The normalized spacial score (nSPS) is 11.1. The summed E-state index contributed by atoms with van der Waals surface area (Å²) in [5.41, 5.74) is 1.79. The fourth-order valence-electron chi connectivity index (χ4n) is 2.67. The summed E-state index contributed by atoms with van der Waals surface area (Å²) in [7, 11) is 0. The molecule has 8 heteroatoms. The van der Waals surface area contributed by atoms with Crippen LogP contribution >= 0.6 is 0 Å². The van der Waals surface area contributed by atoms with Crippen molar-refractivity contribution in [2.75, 3.05) is 0 Å². The number of nitro benzene ring substituents is 2. The first-order chi connectivity index (χ1) is 13.4. The van der Waals surface area contributed by atoms with Crippen molar-refractivity contribution in [2.24, 2.45) is 0 Å². The number of nitriles is 1. The van der Waals surface area contributed by atoms with Crippen LogP contribution in [-0.4, -0.2) is 9.85 Å². The van der Waals surface area contributed by atoms with Crippen LogP contribution in [0.25, 0.3) is 23.0 Å². The number of nitro groups is 2. The quantitative estimate of drug-likeness (QED) is 0.346. The fourth-order valence-corrected chi connectivity index (χ4v) is 2.67. The average molecular weight is 375 g/mol. The van der Waals surface area contributed by atoms with E-state index in [0.717, 1.165) is 5.56 Å². The molecule has 8 nitrogen and oxygen atoms in total. The predicted octanol–water partition coefficient (Wildman–Crippen LogP) is 5.14. The van der Waals surface area contributed by atoms with Crippen LogP contribution in [0.5, 0.6) is 0 Å². The number of nitrogens with zero attached hydrogens (tertiary/aromatic N) is 3. The Morgan fingerprint density at radius 3 is 2.43 bits per heavy atom. The van der Waals surface area contributed by atoms with E-state index in [1.54, 1.807) is 31.2 Å². The van der Waals surface area contributed by atoms with Gasteiger partial charge in [0, 0.05) is 29.8 Å². The van der Waals surface area contributed by atoms with Crippen molar-refractivity contribution in [3.8, 4) is 17.4 Å². The molecule has 0 spiro atoms. The molecule has 0 atom stereocenters.